The summed E-state index contributed by atoms with van der Waals surface area (Å²) in [5, 5.41) is 10.5. The van der Waals surface area contributed by atoms with Gasteiger partial charge in [0.1, 0.15) is 5.75 Å². The predicted octanol–water partition coefficient (Wildman–Crippen LogP) is 3.68. The van der Waals surface area contributed by atoms with Crippen molar-refractivity contribution >= 4 is 15.9 Å². The molecule has 2 atom stereocenters. The van der Waals surface area contributed by atoms with Gasteiger partial charge in [0, 0.05) is 23.1 Å². The highest BCUT2D eigenvalue weighted by Crippen LogP contribution is 2.38. The van der Waals surface area contributed by atoms with Gasteiger partial charge in [-0.15, -0.1) is 0 Å². The van der Waals surface area contributed by atoms with E-state index >= 15 is 0 Å². The van der Waals surface area contributed by atoms with Crippen molar-refractivity contribution in [3.05, 3.63) is 27.2 Å². The molecule has 1 fully saturated rings. The number of halogens is 1. The van der Waals surface area contributed by atoms with Crippen LogP contribution in [-0.2, 0) is 4.74 Å². The second kappa shape index (κ2) is 6.25. The molecule has 1 saturated heterocycles. The van der Waals surface area contributed by atoms with Gasteiger partial charge in [-0.2, -0.15) is 0 Å². The average Bonchev–Trinajstić information content (AvgIpc) is 2.85. The number of hydrogen-bond donors (Lipinski definition) is 1. The van der Waals surface area contributed by atoms with Crippen LogP contribution in [0.5, 0.6) is 5.75 Å². The third kappa shape index (κ3) is 3.12. The van der Waals surface area contributed by atoms with E-state index < -0.39 is 6.10 Å². The van der Waals surface area contributed by atoms with Crippen molar-refractivity contribution in [2.45, 2.75) is 45.3 Å². The zero-order valence-electron chi connectivity index (χ0n) is 11.7. The molecule has 0 amide bonds. The van der Waals surface area contributed by atoms with Crippen molar-refractivity contribution in [2.24, 2.45) is 0 Å². The lowest BCUT2D eigenvalue weighted by atomic mass is 9.95. The molecule has 1 aliphatic heterocycles. The lowest BCUT2D eigenvalue weighted by molar-refractivity contribution is 0.0523. The Morgan fingerprint density at radius 2 is 2.26 bits per heavy atom. The number of ether oxygens (including phenoxy) is 2. The molecule has 0 bridgehead atoms. The van der Waals surface area contributed by atoms with Crippen molar-refractivity contribution in [3.8, 4) is 5.75 Å². The molecule has 1 heterocycles. The van der Waals surface area contributed by atoms with Gasteiger partial charge in [0.2, 0.25) is 0 Å². The number of methoxy groups -OCH3 is 1. The standard InChI is InChI=1S/C15H21BrO3/c1-9-7-12(16)10(2)14(15(9)18-3)13(17)8-11-5-4-6-19-11/h7,11,13,17H,4-6,8H2,1-3H3. The SMILES string of the molecule is COc1c(C)cc(Br)c(C)c1C(O)CC1CCCO1. The van der Waals surface area contributed by atoms with Gasteiger partial charge < -0.3 is 14.6 Å². The van der Waals surface area contributed by atoms with Crippen LogP contribution in [0, 0.1) is 13.8 Å². The van der Waals surface area contributed by atoms with Crippen molar-refractivity contribution < 1.29 is 14.6 Å². The lowest BCUT2D eigenvalue weighted by Crippen LogP contribution is -2.13. The Balaban J connectivity index is 2.30. The maximum absolute atomic E-state index is 10.5. The first-order chi connectivity index (χ1) is 9.04. The van der Waals surface area contributed by atoms with E-state index in [1.165, 1.54) is 0 Å². The molecule has 2 unspecified atom stereocenters. The van der Waals surface area contributed by atoms with Gasteiger partial charge >= 0.3 is 0 Å². The van der Waals surface area contributed by atoms with Gasteiger partial charge in [0.25, 0.3) is 0 Å². The fraction of sp³-hybridized carbons (Fsp3) is 0.600. The lowest BCUT2D eigenvalue weighted by Gasteiger charge is -2.22. The Hall–Kier alpha value is -0.580. The molecule has 1 aliphatic rings. The number of benzene rings is 1. The quantitative estimate of drug-likeness (QED) is 0.916. The molecule has 0 radical (unpaired) electrons. The Bertz CT molecular complexity index is 453. The maximum Gasteiger partial charge on any atom is 0.127 e. The topological polar surface area (TPSA) is 38.7 Å². The summed E-state index contributed by atoms with van der Waals surface area (Å²) >= 11 is 3.54. The van der Waals surface area contributed by atoms with E-state index in [0.29, 0.717) is 6.42 Å². The number of hydrogen-bond acceptors (Lipinski definition) is 3. The van der Waals surface area contributed by atoms with Crippen molar-refractivity contribution in [1.29, 1.82) is 0 Å². The van der Waals surface area contributed by atoms with Crippen LogP contribution < -0.4 is 4.74 Å². The Kier molecular flexibility index (Phi) is 4.87. The highest BCUT2D eigenvalue weighted by molar-refractivity contribution is 9.10. The first-order valence-electron chi connectivity index (χ1n) is 6.67. The zero-order valence-corrected chi connectivity index (χ0v) is 13.3. The van der Waals surface area contributed by atoms with Gasteiger partial charge in [-0.05, 0) is 43.9 Å². The van der Waals surface area contributed by atoms with E-state index in [2.05, 4.69) is 15.9 Å². The van der Waals surface area contributed by atoms with Crippen LogP contribution in [0.2, 0.25) is 0 Å². The Labute approximate surface area is 123 Å². The summed E-state index contributed by atoms with van der Waals surface area (Å²) in [6.45, 7) is 4.80. The van der Waals surface area contributed by atoms with Gasteiger partial charge in [0.05, 0.1) is 19.3 Å². The number of aryl methyl sites for hydroxylation is 1. The second-order valence-electron chi connectivity index (χ2n) is 5.13. The minimum absolute atomic E-state index is 0.165. The van der Waals surface area contributed by atoms with Crippen molar-refractivity contribution in [3.63, 3.8) is 0 Å². The smallest absolute Gasteiger partial charge is 0.127 e. The van der Waals surface area contributed by atoms with Crippen LogP contribution in [0.15, 0.2) is 10.5 Å². The third-order valence-electron chi connectivity index (χ3n) is 3.76. The van der Waals surface area contributed by atoms with Crippen LogP contribution in [0.1, 0.15) is 42.1 Å². The number of aliphatic hydroxyl groups excluding tert-OH is 1. The van der Waals surface area contributed by atoms with Gasteiger partial charge in [-0.3, -0.25) is 0 Å². The van der Waals surface area contributed by atoms with Crippen LogP contribution in [0.3, 0.4) is 0 Å². The van der Waals surface area contributed by atoms with E-state index in [-0.39, 0.29) is 6.10 Å². The van der Waals surface area contributed by atoms with Crippen LogP contribution in [0.4, 0.5) is 0 Å². The molecule has 2 rings (SSSR count). The first kappa shape index (κ1) is 14.8. The highest BCUT2D eigenvalue weighted by atomic mass is 79.9. The molecular weight excluding hydrogens is 308 g/mol. The fourth-order valence-corrected chi connectivity index (χ4v) is 3.30. The summed E-state index contributed by atoms with van der Waals surface area (Å²) in [5.74, 6) is 0.784. The average molecular weight is 329 g/mol. The minimum Gasteiger partial charge on any atom is -0.496 e. The molecule has 19 heavy (non-hydrogen) atoms. The van der Waals surface area contributed by atoms with Gasteiger partial charge in [-0.25, -0.2) is 0 Å². The maximum atomic E-state index is 10.5. The molecular formula is C15H21BrO3. The minimum atomic E-state index is -0.547. The van der Waals surface area contributed by atoms with Crippen molar-refractivity contribution in [2.75, 3.05) is 13.7 Å². The molecule has 1 aromatic carbocycles. The highest BCUT2D eigenvalue weighted by Gasteiger charge is 2.25. The van der Waals surface area contributed by atoms with Crippen LogP contribution in [-0.4, -0.2) is 24.9 Å². The number of rotatable bonds is 4. The van der Waals surface area contributed by atoms with E-state index in [1.54, 1.807) is 7.11 Å². The zero-order chi connectivity index (χ0) is 14.0. The summed E-state index contributed by atoms with van der Waals surface area (Å²) < 4.78 is 12.1. The Morgan fingerprint density at radius 1 is 1.53 bits per heavy atom. The van der Waals surface area contributed by atoms with Gasteiger partial charge in [-0.1, -0.05) is 15.9 Å². The van der Waals surface area contributed by atoms with E-state index in [1.807, 2.05) is 19.9 Å². The van der Waals surface area contributed by atoms with E-state index in [0.717, 1.165) is 46.4 Å². The molecule has 0 saturated carbocycles. The summed E-state index contributed by atoms with van der Waals surface area (Å²) in [4.78, 5) is 0. The van der Waals surface area contributed by atoms with Crippen LogP contribution in [0.25, 0.3) is 0 Å². The molecule has 4 heteroatoms. The molecule has 106 valence electrons. The number of aliphatic hydroxyl groups is 1. The summed E-state index contributed by atoms with van der Waals surface area (Å²) in [7, 11) is 1.65. The summed E-state index contributed by atoms with van der Waals surface area (Å²) in [6, 6.07) is 2.02. The van der Waals surface area contributed by atoms with Crippen molar-refractivity contribution in [1.82, 2.24) is 0 Å². The van der Waals surface area contributed by atoms with Gasteiger partial charge in [0.15, 0.2) is 0 Å². The fourth-order valence-electron chi connectivity index (χ4n) is 2.74. The molecule has 0 spiro atoms. The Morgan fingerprint density at radius 3 is 2.84 bits per heavy atom. The van der Waals surface area contributed by atoms with E-state index in [4.69, 9.17) is 9.47 Å². The predicted molar refractivity (Wildman–Crippen MR) is 78.7 cm³/mol. The monoisotopic (exact) mass is 328 g/mol. The van der Waals surface area contributed by atoms with E-state index in [9.17, 15) is 5.11 Å². The molecule has 1 N–H and O–H groups in total. The molecule has 0 aromatic heterocycles. The molecule has 1 aromatic rings. The summed E-state index contributed by atoms with van der Waals surface area (Å²) in [6.07, 6.45) is 2.37. The normalized spacial score (nSPS) is 20.6. The third-order valence-corrected chi connectivity index (χ3v) is 4.58. The molecule has 3 nitrogen and oxygen atoms in total. The second-order valence-corrected chi connectivity index (χ2v) is 5.99. The molecule has 0 aliphatic carbocycles. The van der Waals surface area contributed by atoms with Crippen LogP contribution >= 0.6 is 15.9 Å². The summed E-state index contributed by atoms with van der Waals surface area (Å²) in [5.41, 5.74) is 2.94. The first-order valence-corrected chi connectivity index (χ1v) is 7.47. The largest absolute Gasteiger partial charge is 0.496 e.